The molecule has 0 atom stereocenters. The fraction of sp³-hybridized carbons (Fsp3) is 0.250. The Balaban J connectivity index is 2.63. The van der Waals surface area contributed by atoms with Crippen molar-refractivity contribution in [3.8, 4) is 5.69 Å². The van der Waals surface area contributed by atoms with Gasteiger partial charge >= 0.3 is 5.97 Å². The molecule has 5 nitrogen and oxygen atoms in total. The van der Waals surface area contributed by atoms with Gasteiger partial charge in [0.05, 0.1) is 10.7 Å². The van der Waals surface area contributed by atoms with Crippen LogP contribution in [-0.4, -0.2) is 25.8 Å². The minimum atomic E-state index is -1.18. The summed E-state index contributed by atoms with van der Waals surface area (Å²) < 4.78 is 1.44. The second-order valence-corrected chi connectivity index (χ2v) is 5.10. The first-order chi connectivity index (χ1) is 8.90. The van der Waals surface area contributed by atoms with Crippen molar-refractivity contribution in [2.24, 2.45) is 0 Å². The lowest BCUT2D eigenvalue weighted by molar-refractivity contribution is 0.0683. The highest BCUT2D eigenvalue weighted by Gasteiger charge is 2.19. The molecule has 0 aliphatic carbocycles. The number of aromatic carboxylic acids is 1. The molecule has 100 valence electrons. The van der Waals surface area contributed by atoms with Crippen molar-refractivity contribution in [1.82, 2.24) is 14.8 Å². The first kappa shape index (κ1) is 13.8. The van der Waals surface area contributed by atoms with Gasteiger partial charge in [-0.1, -0.05) is 37.0 Å². The molecule has 0 amide bonds. The Labute approximate surface area is 119 Å². The number of carboxylic acids is 1. The van der Waals surface area contributed by atoms with Gasteiger partial charge in [-0.05, 0) is 18.2 Å². The van der Waals surface area contributed by atoms with Crippen LogP contribution in [0.2, 0.25) is 10.0 Å². The Hall–Kier alpha value is -1.59. The lowest BCUT2D eigenvalue weighted by atomic mass is 10.2. The molecule has 0 bridgehead atoms. The summed E-state index contributed by atoms with van der Waals surface area (Å²) in [6, 6.07) is 4.91. The monoisotopic (exact) mass is 299 g/mol. The molecule has 0 aliphatic heterocycles. The van der Waals surface area contributed by atoms with Crippen LogP contribution < -0.4 is 0 Å². The van der Waals surface area contributed by atoms with Crippen LogP contribution in [0.3, 0.4) is 0 Å². The maximum Gasteiger partial charge on any atom is 0.375 e. The molecule has 0 aliphatic rings. The minimum Gasteiger partial charge on any atom is -0.475 e. The zero-order valence-electron chi connectivity index (χ0n) is 10.3. The first-order valence-electron chi connectivity index (χ1n) is 5.56. The predicted molar refractivity (Wildman–Crippen MR) is 72.4 cm³/mol. The van der Waals surface area contributed by atoms with Gasteiger partial charge in [-0.15, -0.1) is 5.10 Å². The normalized spacial score (nSPS) is 11.0. The van der Waals surface area contributed by atoms with Crippen molar-refractivity contribution in [2.75, 3.05) is 0 Å². The average molecular weight is 300 g/mol. The summed E-state index contributed by atoms with van der Waals surface area (Å²) in [5.74, 6) is -0.894. The fourth-order valence-electron chi connectivity index (χ4n) is 1.62. The summed E-state index contributed by atoms with van der Waals surface area (Å²) in [5.41, 5.74) is 0.551. The van der Waals surface area contributed by atoms with Gasteiger partial charge in [0, 0.05) is 10.9 Å². The van der Waals surface area contributed by atoms with Crippen LogP contribution in [0.4, 0.5) is 0 Å². The first-order valence-corrected chi connectivity index (χ1v) is 6.31. The van der Waals surface area contributed by atoms with Gasteiger partial charge in [-0.2, -0.15) is 0 Å². The van der Waals surface area contributed by atoms with E-state index < -0.39 is 5.97 Å². The summed E-state index contributed by atoms with van der Waals surface area (Å²) in [4.78, 5) is 15.0. The fourth-order valence-corrected chi connectivity index (χ4v) is 2.11. The molecule has 0 spiro atoms. The molecule has 1 aromatic heterocycles. The number of benzene rings is 1. The van der Waals surface area contributed by atoms with Crippen molar-refractivity contribution in [3.05, 3.63) is 39.9 Å². The van der Waals surface area contributed by atoms with E-state index in [-0.39, 0.29) is 11.7 Å². The van der Waals surface area contributed by atoms with Crippen LogP contribution in [0.15, 0.2) is 18.2 Å². The topological polar surface area (TPSA) is 68.0 Å². The Kier molecular flexibility index (Phi) is 3.78. The number of rotatable bonds is 3. The average Bonchev–Trinajstić information content (AvgIpc) is 2.73. The van der Waals surface area contributed by atoms with Gasteiger partial charge in [-0.25, -0.2) is 14.5 Å². The van der Waals surface area contributed by atoms with Gasteiger partial charge in [-0.3, -0.25) is 0 Å². The van der Waals surface area contributed by atoms with Crippen molar-refractivity contribution in [3.63, 3.8) is 0 Å². The number of halogens is 2. The molecule has 1 heterocycles. The van der Waals surface area contributed by atoms with E-state index in [4.69, 9.17) is 28.3 Å². The van der Waals surface area contributed by atoms with Crippen molar-refractivity contribution in [2.45, 2.75) is 19.8 Å². The minimum absolute atomic E-state index is 0.00680. The Morgan fingerprint density at radius 3 is 2.58 bits per heavy atom. The van der Waals surface area contributed by atoms with Crippen LogP contribution in [0.1, 0.15) is 36.2 Å². The molecule has 0 fully saturated rings. The van der Waals surface area contributed by atoms with Crippen molar-refractivity contribution < 1.29 is 9.90 Å². The maximum absolute atomic E-state index is 11.0. The van der Waals surface area contributed by atoms with Crippen LogP contribution in [-0.2, 0) is 0 Å². The molecule has 19 heavy (non-hydrogen) atoms. The number of nitrogens with zero attached hydrogens (tertiary/aromatic N) is 3. The highest BCUT2D eigenvalue weighted by atomic mass is 35.5. The van der Waals surface area contributed by atoms with Crippen LogP contribution in [0.5, 0.6) is 0 Å². The number of hydrogen-bond acceptors (Lipinski definition) is 3. The number of carbonyl (C=O) groups is 1. The van der Waals surface area contributed by atoms with Gasteiger partial charge < -0.3 is 5.11 Å². The third-order valence-electron chi connectivity index (χ3n) is 2.48. The smallest absolute Gasteiger partial charge is 0.375 e. The van der Waals surface area contributed by atoms with Gasteiger partial charge in [0.1, 0.15) is 5.82 Å². The molecular weight excluding hydrogens is 289 g/mol. The van der Waals surface area contributed by atoms with Gasteiger partial charge in [0.15, 0.2) is 0 Å². The maximum atomic E-state index is 11.0. The van der Waals surface area contributed by atoms with E-state index in [0.29, 0.717) is 21.6 Å². The van der Waals surface area contributed by atoms with E-state index in [2.05, 4.69) is 10.1 Å². The summed E-state index contributed by atoms with van der Waals surface area (Å²) in [7, 11) is 0. The van der Waals surface area contributed by atoms with Crippen LogP contribution in [0.25, 0.3) is 5.69 Å². The zero-order chi connectivity index (χ0) is 14.2. The van der Waals surface area contributed by atoms with E-state index in [9.17, 15) is 4.79 Å². The third kappa shape index (κ3) is 2.72. The second-order valence-electron chi connectivity index (χ2n) is 4.26. The van der Waals surface area contributed by atoms with Gasteiger partial charge in [0.2, 0.25) is 0 Å². The van der Waals surface area contributed by atoms with E-state index in [1.54, 1.807) is 18.2 Å². The summed E-state index contributed by atoms with van der Waals surface area (Å²) in [6.45, 7) is 3.80. The number of carboxylic acid groups (broad SMARTS) is 1. The van der Waals surface area contributed by atoms with Crippen molar-refractivity contribution in [1.29, 1.82) is 0 Å². The summed E-state index contributed by atoms with van der Waals surface area (Å²) in [6.07, 6.45) is 0. The molecular formula is C12H11Cl2N3O2. The molecule has 0 unspecified atom stereocenters. The Morgan fingerprint density at radius 1 is 1.37 bits per heavy atom. The number of hydrogen-bond donors (Lipinski definition) is 1. The predicted octanol–water partition coefficient (Wildman–Crippen LogP) is 3.40. The quantitative estimate of drug-likeness (QED) is 0.943. The molecule has 1 aromatic carbocycles. The highest BCUT2D eigenvalue weighted by Crippen LogP contribution is 2.26. The molecule has 2 rings (SSSR count). The molecule has 0 saturated carbocycles. The van der Waals surface area contributed by atoms with E-state index in [0.717, 1.165) is 0 Å². The Bertz CT molecular complexity index is 638. The lowest BCUT2D eigenvalue weighted by Crippen LogP contribution is -2.05. The van der Waals surface area contributed by atoms with E-state index >= 15 is 0 Å². The van der Waals surface area contributed by atoms with E-state index in [1.165, 1.54) is 4.68 Å². The van der Waals surface area contributed by atoms with Crippen LogP contribution in [0, 0.1) is 0 Å². The Morgan fingerprint density at radius 2 is 2.05 bits per heavy atom. The SMILES string of the molecule is CC(C)c1nc(C(=O)O)nn1-c1ccc(Cl)cc1Cl. The molecule has 0 radical (unpaired) electrons. The largest absolute Gasteiger partial charge is 0.475 e. The lowest BCUT2D eigenvalue weighted by Gasteiger charge is -2.09. The number of aromatic nitrogens is 3. The highest BCUT2D eigenvalue weighted by molar-refractivity contribution is 6.35. The molecule has 1 N–H and O–H groups in total. The molecule has 7 heteroatoms. The standard InChI is InChI=1S/C12H11Cl2N3O2/c1-6(2)11-15-10(12(18)19)16-17(11)9-4-3-7(13)5-8(9)14/h3-6H,1-2H3,(H,18,19). The zero-order valence-corrected chi connectivity index (χ0v) is 11.8. The molecule has 2 aromatic rings. The van der Waals surface area contributed by atoms with Crippen LogP contribution >= 0.6 is 23.2 Å². The van der Waals surface area contributed by atoms with E-state index in [1.807, 2.05) is 13.8 Å². The third-order valence-corrected chi connectivity index (χ3v) is 3.02. The van der Waals surface area contributed by atoms with Gasteiger partial charge in [0.25, 0.3) is 5.82 Å². The second kappa shape index (κ2) is 5.19. The molecule has 0 saturated heterocycles. The summed E-state index contributed by atoms with van der Waals surface area (Å²) >= 11 is 11.9. The summed E-state index contributed by atoms with van der Waals surface area (Å²) in [5, 5.41) is 13.8. The van der Waals surface area contributed by atoms with Crippen molar-refractivity contribution >= 4 is 29.2 Å².